The van der Waals surface area contributed by atoms with Crippen LogP contribution in [0.4, 0.5) is 0 Å². The summed E-state index contributed by atoms with van der Waals surface area (Å²) < 4.78 is 10.1. The molecule has 0 aliphatic carbocycles. The summed E-state index contributed by atoms with van der Waals surface area (Å²) in [6, 6.07) is 0. The van der Waals surface area contributed by atoms with E-state index in [1.165, 1.54) is 0 Å². The zero-order valence-corrected chi connectivity index (χ0v) is 7.97. The maximum absolute atomic E-state index is 10.9. The number of ether oxygens (including phenoxy) is 2. The van der Waals surface area contributed by atoms with E-state index in [0.29, 0.717) is 26.2 Å². The van der Waals surface area contributed by atoms with Crippen LogP contribution in [0, 0.1) is 0 Å². The molecule has 0 amide bonds. The fraction of sp³-hybridized carbons (Fsp3) is 0.889. The zero-order chi connectivity index (χ0) is 9.23. The van der Waals surface area contributed by atoms with E-state index < -0.39 is 0 Å². The van der Waals surface area contributed by atoms with E-state index in [1.54, 1.807) is 0 Å². The van der Waals surface area contributed by atoms with Crippen molar-refractivity contribution in [3.05, 3.63) is 0 Å². The van der Waals surface area contributed by atoms with Gasteiger partial charge >= 0.3 is 0 Å². The second kappa shape index (κ2) is 8.68. The SMILES string of the molecule is CCCC(=O)COCCOCC. The van der Waals surface area contributed by atoms with Crippen LogP contribution in [0.5, 0.6) is 0 Å². The van der Waals surface area contributed by atoms with Crippen LogP contribution in [-0.2, 0) is 14.3 Å². The molecule has 0 aliphatic heterocycles. The third-order valence-corrected chi connectivity index (χ3v) is 1.37. The van der Waals surface area contributed by atoms with Crippen LogP contribution in [0.25, 0.3) is 0 Å². The number of rotatable bonds is 8. The van der Waals surface area contributed by atoms with Crippen molar-refractivity contribution in [3.8, 4) is 0 Å². The minimum Gasteiger partial charge on any atom is -0.379 e. The molecule has 0 unspecified atom stereocenters. The Balaban J connectivity index is 3.03. The third kappa shape index (κ3) is 7.69. The van der Waals surface area contributed by atoms with Crippen LogP contribution >= 0.6 is 0 Å². The molecule has 12 heavy (non-hydrogen) atoms. The van der Waals surface area contributed by atoms with Gasteiger partial charge in [-0.25, -0.2) is 0 Å². The lowest BCUT2D eigenvalue weighted by Crippen LogP contribution is -2.11. The average molecular weight is 174 g/mol. The van der Waals surface area contributed by atoms with Crippen molar-refractivity contribution >= 4 is 5.78 Å². The molecular weight excluding hydrogens is 156 g/mol. The van der Waals surface area contributed by atoms with Crippen molar-refractivity contribution in [3.63, 3.8) is 0 Å². The molecular formula is C9H18O3. The lowest BCUT2D eigenvalue weighted by atomic mass is 10.2. The third-order valence-electron chi connectivity index (χ3n) is 1.37. The smallest absolute Gasteiger partial charge is 0.158 e. The Labute approximate surface area is 74.0 Å². The van der Waals surface area contributed by atoms with Crippen molar-refractivity contribution in [2.45, 2.75) is 26.7 Å². The number of hydrogen-bond donors (Lipinski definition) is 0. The molecule has 0 fully saturated rings. The molecule has 72 valence electrons. The molecule has 0 heterocycles. The van der Waals surface area contributed by atoms with E-state index in [4.69, 9.17) is 9.47 Å². The standard InChI is InChI=1S/C9H18O3/c1-3-5-9(10)8-12-7-6-11-4-2/h3-8H2,1-2H3. The molecule has 0 bridgehead atoms. The highest BCUT2D eigenvalue weighted by Gasteiger charge is 1.98. The molecule has 0 atom stereocenters. The molecule has 0 aromatic carbocycles. The topological polar surface area (TPSA) is 35.5 Å². The summed E-state index contributed by atoms with van der Waals surface area (Å²) >= 11 is 0. The highest BCUT2D eigenvalue weighted by Crippen LogP contribution is 1.89. The van der Waals surface area contributed by atoms with Crippen molar-refractivity contribution in [1.82, 2.24) is 0 Å². The zero-order valence-electron chi connectivity index (χ0n) is 7.97. The highest BCUT2D eigenvalue weighted by molar-refractivity contribution is 5.79. The Bertz CT molecular complexity index is 112. The fourth-order valence-corrected chi connectivity index (χ4v) is 0.799. The molecule has 0 aliphatic rings. The van der Waals surface area contributed by atoms with Gasteiger partial charge in [-0.1, -0.05) is 6.92 Å². The Kier molecular flexibility index (Phi) is 8.39. The molecule has 0 aromatic rings. The van der Waals surface area contributed by atoms with E-state index in [-0.39, 0.29) is 12.4 Å². The monoisotopic (exact) mass is 174 g/mol. The van der Waals surface area contributed by atoms with Crippen LogP contribution < -0.4 is 0 Å². The minimum absolute atomic E-state index is 0.175. The predicted octanol–water partition coefficient (Wildman–Crippen LogP) is 1.41. The van der Waals surface area contributed by atoms with Gasteiger partial charge in [0.05, 0.1) is 13.2 Å². The van der Waals surface area contributed by atoms with E-state index in [1.807, 2.05) is 13.8 Å². The summed E-state index contributed by atoms with van der Waals surface area (Å²) in [6.45, 7) is 5.95. The van der Waals surface area contributed by atoms with Crippen LogP contribution in [0.15, 0.2) is 0 Å². The Morgan fingerprint density at radius 2 is 1.83 bits per heavy atom. The van der Waals surface area contributed by atoms with E-state index in [9.17, 15) is 4.79 Å². The quantitative estimate of drug-likeness (QED) is 0.522. The number of hydrogen-bond acceptors (Lipinski definition) is 3. The van der Waals surface area contributed by atoms with Gasteiger partial charge in [0.15, 0.2) is 5.78 Å². The molecule has 0 saturated carbocycles. The van der Waals surface area contributed by atoms with E-state index in [2.05, 4.69) is 0 Å². The first-order valence-electron chi connectivity index (χ1n) is 4.48. The van der Waals surface area contributed by atoms with Crippen molar-refractivity contribution in [1.29, 1.82) is 0 Å². The lowest BCUT2D eigenvalue weighted by Gasteiger charge is -2.02. The maximum Gasteiger partial charge on any atom is 0.158 e. The van der Waals surface area contributed by atoms with Gasteiger partial charge in [0, 0.05) is 13.0 Å². The van der Waals surface area contributed by atoms with Gasteiger partial charge in [-0.3, -0.25) is 4.79 Å². The Hall–Kier alpha value is -0.410. The van der Waals surface area contributed by atoms with Gasteiger partial charge in [0.25, 0.3) is 0 Å². The summed E-state index contributed by atoms with van der Waals surface area (Å²) in [6.07, 6.45) is 1.52. The van der Waals surface area contributed by atoms with Crippen LogP contribution in [0.3, 0.4) is 0 Å². The summed E-state index contributed by atoms with van der Waals surface area (Å²) in [7, 11) is 0. The van der Waals surface area contributed by atoms with E-state index in [0.717, 1.165) is 6.42 Å². The van der Waals surface area contributed by atoms with Gasteiger partial charge in [-0.05, 0) is 13.3 Å². The van der Waals surface area contributed by atoms with Gasteiger partial charge < -0.3 is 9.47 Å². The minimum atomic E-state index is 0.175. The second-order valence-electron chi connectivity index (χ2n) is 2.54. The number of Topliss-reactive ketones (excluding diaryl/α,β-unsaturated/α-hetero) is 1. The predicted molar refractivity (Wildman–Crippen MR) is 47.2 cm³/mol. The molecule has 0 N–H and O–H groups in total. The summed E-state index contributed by atoms with van der Waals surface area (Å²) in [5.74, 6) is 0.175. The van der Waals surface area contributed by atoms with Gasteiger partial charge in [-0.2, -0.15) is 0 Å². The normalized spacial score (nSPS) is 10.2. The Morgan fingerprint density at radius 1 is 1.17 bits per heavy atom. The second-order valence-corrected chi connectivity index (χ2v) is 2.54. The van der Waals surface area contributed by atoms with Crippen molar-refractivity contribution < 1.29 is 14.3 Å². The molecule has 0 radical (unpaired) electrons. The highest BCUT2D eigenvalue weighted by atomic mass is 16.5. The first-order chi connectivity index (χ1) is 5.81. The largest absolute Gasteiger partial charge is 0.379 e. The lowest BCUT2D eigenvalue weighted by molar-refractivity contribution is -0.124. The van der Waals surface area contributed by atoms with Gasteiger partial charge in [-0.15, -0.1) is 0 Å². The number of carbonyl (C=O) groups is 1. The van der Waals surface area contributed by atoms with Crippen molar-refractivity contribution in [2.24, 2.45) is 0 Å². The fourth-order valence-electron chi connectivity index (χ4n) is 0.799. The van der Waals surface area contributed by atoms with Gasteiger partial charge in [0.2, 0.25) is 0 Å². The average Bonchev–Trinajstić information content (AvgIpc) is 2.05. The molecule has 3 nitrogen and oxygen atoms in total. The first kappa shape index (κ1) is 11.6. The van der Waals surface area contributed by atoms with Crippen LogP contribution in [-0.4, -0.2) is 32.2 Å². The summed E-state index contributed by atoms with van der Waals surface area (Å²) in [4.78, 5) is 10.9. The molecule has 0 rings (SSSR count). The van der Waals surface area contributed by atoms with E-state index >= 15 is 0 Å². The van der Waals surface area contributed by atoms with Crippen LogP contribution in [0.2, 0.25) is 0 Å². The number of ketones is 1. The molecule has 3 heteroatoms. The Morgan fingerprint density at radius 3 is 2.42 bits per heavy atom. The summed E-state index contributed by atoms with van der Waals surface area (Å²) in [5, 5.41) is 0. The molecule has 0 aromatic heterocycles. The van der Waals surface area contributed by atoms with Crippen molar-refractivity contribution in [2.75, 3.05) is 26.4 Å². The summed E-state index contributed by atoms with van der Waals surface area (Å²) in [5.41, 5.74) is 0. The van der Waals surface area contributed by atoms with Crippen LogP contribution in [0.1, 0.15) is 26.7 Å². The number of carbonyl (C=O) groups excluding carboxylic acids is 1. The first-order valence-corrected chi connectivity index (χ1v) is 4.48. The maximum atomic E-state index is 10.9. The van der Waals surface area contributed by atoms with Gasteiger partial charge in [0.1, 0.15) is 6.61 Å². The molecule has 0 saturated heterocycles. The molecule has 0 spiro atoms.